The number of rotatable bonds is 8. The van der Waals surface area contributed by atoms with Crippen LogP contribution in [0, 0.1) is 5.82 Å². The molecular formula is C19H20FNO3. The molecule has 126 valence electrons. The van der Waals surface area contributed by atoms with Crippen LogP contribution in [0.1, 0.15) is 10.4 Å². The van der Waals surface area contributed by atoms with Crippen LogP contribution in [0.5, 0.6) is 0 Å². The predicted molar refractivity (Wildman–Crippen MR) is 92.7 cm³/mol. The second-order valence-electron chi connectivity index (χ2n) is 5.24. The Hall–Kier alpha value is -2.50. The van der Waals surface area contributed by atoms with Crippen molar-refractivity contribution in [3.8, 4) is 11.1 Å². The van der Waals surface area contributed by atoms with Gasteiger partial charge in [-0.1, -0.05) is 18.7 Å². The molecule has 0 spiro atoms. The van der Waals surface area contributed by atoms with Gasteiger partial charge in [0.05, 0.1) is 13.2 Å². The minimum Gasteiger partial charge on any atom is -0.395 e. The second kappa shape index (κ2) is 8.38. The van der Waals surface area contributed by atoms with E-state index in [0.29, 0.717) is 29.8 Å². The van der Waals surface area contributed by atoms with Crippen molar-refractivity contribution >= 4 is 11.5 Å². The normalized spacial score (nSPS) is 10.5. The van der Waals surface area contributed by atoms with Gasteiger partial charge in [-0.05, 0) is 42.0 Å². The molecule has 0 aromatic heterocycles. The first-order valence-corrected chi connectivity index (χ1v) is 7.64. The van der Waals surface area contributed by atoms with E-state index >= 15 is 0 Å². The molecule has 0 saturated carbocycles. The number of halogens is 1. The van der Waals surface area contributed by atoms with Crippen molar-refractivity contribution in [3.63, 3.8) is 0 Å². The highest BCUT2D eigenvalue weighted by molar-refractivity contribution is 6.04. The molecule has 0 radical (unpaired) electrons. The van der Waals surface area contributed by atoms with Crippen LogP contribution in [0.2, 0.25) is 0 Å². The molecule has 2 N–H and O–H groups in total. The monoisotopic (exact) mass is 329 g/mol. The summed E-state index contributed by atoms with van der Waals surface area (Å²) in [6.07, 6.45) is 1.20. The third-order valence-corrected chi connectivity index (χ3v) is 3.72. The molecule has 4 nitrogen and oxygen atoms in total. The SMILES string of the molecule is C=CC(=O)c1ccc(F)c(-c2ccc(N(CCO)CCO)cc2)c1. The number of ketones is 1. The van der Waals surface area contributed by atoms with Gasteiger partial charge in [-0.2, -0.15) is 0 Å². The molecule has 0 bridgehead atoms. The number of carbonyl (C=O) groups excluding carboxylic acids is 1. The summed E-state index contributed by atoms with van der Waals surface area (Å²) >= 11 is 0. The van der Waals surface area contributed by atoms with E-state index in [1.165, 1.54) is 24.3 Å². The minimum atomic E-state index is -0.411. The van der Waals surface area contributed by atoms with Gasteiger partial charge >= 0.3 is 0 Å². The van der Waals surface area contributed by atoms with E-state index in [1.807, 2.05) is 4.90 Å². The average molecular weight is 329 g/mol. The maximum atomic E-state index is 14.1. The van der Waals surface area contributed by atoms with Crippen molar-refractivity contribution in [2.75, 3.05) is 31.2 Å². The summed E-state index contributed by atoms with van der Waals surface area (Å²) in [4.78, 5) is 13.5. The fourth-order valence-electron chi connectivity index (χ4n) is 2.48. The third-order valence-electron chi connectivity index (χ3n) is 3.72. The number of aliphatic hydroxyl groups is 2. The molecule has 24 heavy (non-hydrogen) atoms. The van der Waals surface area contributed by atoms with Crippen LogP contribution in [0.15, 0.2) is 55.1 Å². The average Bonchev–Trinajstić information content (AvgIpc) is 2.61. The molecule has 0 aliphatic heterocycles. The summed E-state index contributed by atoms with van der Waals surface area (Å²) in [6.45, 7) is 4.19. The van der Waals surface area contributed by atoms with Gasteiger partial charge in [-0.15, -0.1) is 0 Å². The van der Waals surface area contributed by atoms with Gasteiger partial charge in [-0.25, -0.2) is 4.39 Å². The third kappa shape index (κ3) is 4.07. The number of anilines is 1. The van der Waals surface area contributed by atoms with Crippen molar-refractivity contribution in [1.29, 1.82) is 0 Å². The lowest BCUT2D eigenvalue weighted by Gasteiger charge is -2.23. The Morgan fingerprint density at radius 1 is 1.08 bits per heavy atom. The molecule has 2 aromatic rings. The van der Waals surface area contributed by atoms with E-state index in [-0.39, 0.29) is 19.0 Å². The summed E-state index contributed by atoms with van der Waals surface area (Å²) in [7, 11) is 0. The molecule has 0 saturated heterocycles. The zero-order valence-corrected chi connectivity index (χ0v) is 13.3. The number of allylic oxidation sites excluding steroid dienone is 1. The molecular weight excluding hydrogens is 309 g/mol. The van der Waals surface area contributed by atoms with Crippen LogP contribution in [0.4, 0.5) is 10.1 Å². The van der Waals surface area contributed by atoms with Gasteiger partial charge in [0, 0.05) is 29.9 Å². The lowest BCUT2D eigenvalue weighted by Crippen LogP contribution is -2.29. The molecule has 0 aliphatic carbocycles. The van der Waals surface area contributed by atoms with Crippen LogP contribution in [-0.4, -0.2) is 42.3 Å². The first kappa shape index (κ1) is 17.8. The smallest absolute Gasteiger partial charge is 0.185 e. The van der Waals surface area contributed by atoms with E-state index in [2.05, 4.69) is 6.58 Å². The standard InChI is InChI=1S/C19H20FNO3/c1-2-19(24)15-5-8-18(20)17(13-15)14-3-6-16(7-4-14)21(9-11-22)10-12-23/h2-8,13,22-23H,1,9-12H2. The molecule has 0 heterocycles. The zero-order valence-electron chi connectivity index (χ0n) is 13.3. The maximum absolute atomic E-state index is 14.1. The lowest BCUT2D eigenvalue weighted by atomic mass is 10.00. The molecule has 0 aliphatic rings. The Morgan fingerprint density at radius 2 is 1.71 bits per heavy atom. The van der Waals surface area contributed by atoms with Gasteiger partial charge in [-0.3, -0.25) is 4.79 Å². The van der Waals surface area contributed by atoms with E-state index in [9.17, 15) is 9.18 Å². The summed E-state index contributed by atoms with van der Waals surface area (Å²) in [5.74, 6) is -0.670. The first-order valence-electron chi connectivity index (χ1n) is 7.64. The lowest BCUT2D eigenvalue weighted by molar-refractivity contribution is 0.104. The number of hydrogen-bond acceptors (Lipinski definition) is 4. The topological polar surface area (TPSA) is 60.8 Å². The Bertz CT molecular complexity index is 707. The van der Waals surface area contributed by atoms with Crippen molar-refractivity contribution in [2.24, 2.45) is 0 Å². The maximum Gasteiger partial charge on any atom is 0.185 e. The fourth-order valence-corrected chi connectivity index (χ4v) is 2.48. The van der Waals surface area contributed by atoms with Gasteiger partial charge < -0.3 is 15.1 Å². The second-order valence-corrected chi connectivity index (χ2v) is 5.24. The highest BCUT2D eigenvalue weighted by Gasteiger charge is 2.11. The Morgan fingerprint density at radius 3 is 2.25 bits per heavy atom. The molecule has 0 fully saturated rings. The highest BCUT2D eigenvalue weighted by Crippen LogP contribution is 2.27. The zero-order chi connectivity index (χ0) is 17.5. The van der Waals surface area contributed by atoms with E-state index in [0.717, 1.165) is 5.69 Å². The quantitative estimate of drug-likeness (QED) is 0.577. The van der Waals surface area contributed by atoms with E-state index < -0.39 is 5.82 Å². The van der Waals surface area contributed by atoms with Gasteiger partial charge in [0.2, 0.25) is 0 Å². The van der Waals surface area contributed by atoms with Crippen LogP contribution >= 0.6 is 0 Å². The van der Waals surface area contributed by atoms with Crippen molar-refractivity contribution < 1.29 is 19.4 Å². The number of aliphatic hydroxyl groups excluding tert-OH is 2. The highest BCUT2D eigenvalue weighted by atomic mass is 19.1. The minimum absolute atomic E-state index is 0.0257. The van der Waals surface area contributed by atoms with Gasteiger partial charge in [0.1, 0.15) is 5.82 Å². The number of hydrogen-bond donors (Lipinski definition) is 2. The molecule has 5 heteroatoms. The van der Waals surface area contributed by atoms with Crippen LogP contribution in [0.3, 0.4) is 0 Å². The predicted octanol–water partition coefficient (Wildman–Crippen LogP) is 2.65. The first-order chi connectivity index (χ1) is 11.6. The van der Waals surface area contributed by atoms with Gasteiger partial charge in [0.25, 0.3) is 0 Å². The molecule has 2 aromatic carbocycles. The largest absolute Gasteiger partial charge is 0.395 e. The molecule has 0 unspecified atom stereocenters. The Kier molecular flexibility index (Phi) is 6.23. The Balaban J connectivity index is 2.33. The Labute approximate surface area is 140 Å². The van der Waals surface area contributed by atoms with Crippen LogP contribution < -0.4 is 4.90 Å². The van der Waals surface area contributed by atoms with Crippen LogP contribution in [0.25, 0.3) is 11.1 Å². The molecule has 2 rings (SSSR count). The fraction of sp³-hybridized carbons (Fsp3) is 0.211. The number of nitrogens with zero attached hydrogens (tertiary/aromatic N) is 1. The molecule has 0 atom stereocenters. The summed E-state index contributed by atoms with van der Waals surface area (Å²) in [6, 6.07) is 11.3. The van der Waals surface area contributed by atoms with Crippen molar-refractivity contribution in [1.82, 2.24) is 0 Å². The van der Waals surface area contributed by atoms with Crippen molar-refractivity contribution in [2.45, 2.75) is 0 Å². The molecule has 0 amide bonds. The summed E-state index contributed by atoms with van der Waals surface area (Å²) in [5.41, 5.74) is 2.18. The van der Waals surface area contributed by atoms with E-state index in [1.54, 1.807) is 24.3 Å². The number of benzene rings is 2. The van der Waals surface area contributed by atoms with E-state index in [4.69, 9.17) is 10.2 Å². The summed E-state index contributed by atoms with van der Waals surface area (Å²) < 4.78 is 14.1. The van der Waals surface area contributed by atoms with Gasteiger partial charge in [0.15, 0.2) is 5.78 Å². The number of carbonyl (C=O) groups is 1. The summed E-state index contributed by atoms with van der Waals surface area (Å²) in [5, 5.41) is 18.2. The van der Waals surface area contributed by atoms with Crippen molar-refractivity contribution in [3.05, 3.63) is 66.5 Å². The van der Waals surface area contributed by atoms with Crippen LogP contribution in [-0.2, 0) is 0 Å².